The van der Waals surface area contributed by atoms with Gasteiger partial charge in [0.2, 0.25) is 0 Å². The summed E-state index contributed by atoms with van der Waals surface area (Å²) >= 11 is 0. The number of hydrogen-bond acceptors (Lipinski definition) is 6. The van der Waals surface area contributed by atoms with Crippen LogP contribution in [-0.4, -0.2) is 19.5 Å². The molecule has 0 saturated heterocycles. The number of furan rings is 2. The van der Waals surface area contributed by atoms with Gasteiger partial charge in [0.15, 0.2) is 0 Å². The summed E-state index contributed by atoms with van der Waals surface area (Å²) in [5, 5.41) is 12.0. The van der Waals surface area contributed by atoms with Gasteiger partial charge in [0, 0.05) is 67.5 Å². The molecule has 0 spiro atoms. The van der Waals surface area contributed by atoms with Gasteiger partial charge in [-0.25, -0.2) is 0 Å². The number of para-hydroxylation sites is 1. The molecule has 4 aromatic heterocycles. The van der Waals surface area contributed by atoms with Gasteiger partial charge < -0.3 is 13.4 Å². The molecule has 0 atom stereocenters. The molecule has 0 fully saturated rings. The summed E-state index contributed by atoms with van der Waals surface area (Å²) in [7, 11) is 0. The van der Waals surface area contributed by atoms with Gasteiger partial charge in [0.05, 0.1) is 39.9 Å². The van der Waals surface area contributed by atoms with Crippen LogP contribution in [0.25, 0.3) is 106 Å². The van der Waals surface area contributed by atoms with E-state index in [1.54, 1.807) is 30.3 Å². The maximum Gasteiger partial charge on any atom is 0.136 e. The number of benzene rings is 8. The number of fused-ring (bicyclic) bond motifs is 7. The topological polar surface area (TPSA) is 93.7 Å². The average molecular weight is 1230 g/mol. The third-order valence-corrected chi connectivity index (χ3v) is 15.0. The number of aryl methyl sites for hydroxylation is 2. The van der Waals surface area contributed by atoms with Gasteiger partial charge in [-0.15, -0.1) is 53.6 Å². The van der Waals surface area contributed by atoms with Crippen molar-refractivity contribution >= 4 is 54.9 Å². The van der Waals surface area contributed by atoms with Crippen LogP contribution in [0.5, 0.6) is 0 Å². The quantitative estimate of drug-likeness (QED) is 0.134. The average Bonchev–Trinajstić information content (AvgIpc) is 1.56. The van der Waals surface area contributed by atoms with E-state index in [0.29, 0.717) is 67.3 Å². The monoisotopic (exact) mass is 1230 g/mol. The van der Waals surface area contributed by atoms with Crippen LogP contribution in [0.2, 0.25) is 0 Å². The van der Waals surface area contributed by atoms with Crippen molar-refractivity contribution in [3.05, 3.63) is 202 Å². The number of rotatable bonds is 9. The van der Waals surface area contributed by atoms with Crippen LogP contribution >= 0.6 is 0 Å². The number of aromatic nitrogens is 4. The molecule has 80 heavy (non-hydrogen) atoms. The molecule has 0 saturated carbocycles. The maximum absolute atomic E-state index is 9.56. The Bertz CT molecular complexity index is 4520. The minimum Gasteiger partial charge on any atom is -0.501 e. The van der Waals surface area contributed by atoms with E-state index in [1.165, 1.54) is 22.8 Å². The molecule has 12 aromatic rings. The third kappa shape index (κ3) is 10.3. The second-order valence-corrected chi connectivity index (χ2v) is 23.0. The van der Waals surface area contributed by atoms with Crippen molar-refractivity contribution in [3.8, 4) is 56.8 Å². The largest absolute Gasteiger partial charge is 0.501 e. The third-order valence-electron chi connectivity index (χ3n) is 15.0. The van der Waals surface area contributed by atoms with Gasteiger partial charge in [0.1, 0.15) is 16.7 Å². The van der Waals surface area contributed by atoms with E-state index in [1.807, 2.05) is 59.3 Å². The first-order valence-electron chi connectivity index (χ1n) is 30.2. The van der Waals surface area contributed by atoms with Crippen LogP contribution in [0.1, 0.15) is 153 Å². The first kappa shape index (κ1) is 48.0. The van der Waals surface area contributed by atoms with E-state index in [-0.39, 0.29) is 54.1 Å². The zero-order chi connectivity index (χ0) is 60.6. The van der Waals surface area contributed by atoms with E-state index in [0.717, 1.165) is 61.4 Å². The predicted octanol–water partition coefficient (Wildman–Crippen LogP) is 19.8. The van der Waals surface area contributed by atoms with Crippen LogP contribution in [-0.2, 0) is 25.5 Å². The van der Waals surface area contributed by atoms with E-state index in [4.69, 9.17) is 22.0 Å². The molecule has 0 aliphatic carbocycles. The molecular weight excluding hydrogens is 1160 g/mol. The Balaban J connectivity index is 0.000000417. The number of hydrogen-bond donors (Lipinski definition) is 0. The second-order valence-electron chi connectivity index (χ2n) is 23.0. The first-order valence-corrected chi connectivity index (χ1v) is 27.2. The molecular formula is C72H67IrN5O2-2. The molecule has 8 aromatic carbocycles. The van der Waals surface area contributed by atoms with E-state index in [9.17, 15) is 5.26 Å². The van der Waals surface area contributed by atoms with Gasteiger partial charge in [-0.3, -0.25) is 15.0 Å². The summed E-state index contributed by atoms with van der Waals surface area (Å²) in [6, 6.07) is 54.0. The predicted molar refractivity (Wildman–Crippen MR) is 326 cm³/mol. The molecule has 0 aliphatic rings. The van der Waals surface area contributed by atoms with Gasteiger partial charge in [0.25, 0.3) is 0 Å². The fraction of sp³-hybridized carbons (Fsp3) is 0.250. The van der Waals surface area contributed by atoms with Gasteiger partial charge in [-0.05, 0) is 135 Å². The Morgan fingerprint density at radius 1 is 0.613 bits per heavy atom. The van der Waals surface area contributed by atoms with E-state index < -0.39 is 13.7 Å². The first-order chi connectivity index (χ1) is 40.3. The van der Waals surface area contributed by atoms with Crippen LogP contribution < -0.4 is 0 Å². The summed E-state index contributed by atoms with van der Waals surface area (Å²) in [5.74, 6) is 1.86. The summed E-state index contributed by atoms with van der Waals surface area (Å²) in [6.07, 6.45) is 1.81. The van der Waals surface area contributed by atoms with Crippen molar-refractivity contribution in [2.45, 2.75) is 119 Å². The maximum atomic E-state index is 9.56. The molecule has 0 N–H and O–H groups in total. The number of nitrogens with zero attached hydrogens (tertiary/aromatic N) is 5. The fourth-order valence-corrected chi connectivity index (χ4v) is 10.6. The van der Waals surface area contributed by atoms with Crippen LogP contribution in [0, 0.1) is 37.2 Å². The smallest absolute Gasteiger partial charge is 0.136 e. The normalized spacial score (nSPS) is 13.3. The standard InChI is InChI=1S/C58H52N3O2.C14H15N2.Ir/c1-31(2)40-23-41(32(3)4)25-42(24-40)38-16-18-39(19-17-38)43-26-46(33(5)6)56(47(27-43)34(7)8)61-55-36(10)12-11-13-50(55)60-58(61)45-20-14-35(9)54-49-29-52-48(28-53(49)63-57(45)54)44-21-15-37(30-59)22-51(44)62-52;1-14(2,3)12-9-10-15-13(16-12)11-7-5-4-6-8-11;/h11-19,21-29,31-34H,1-10H3;4-7,9-10H,1-3H3;/q2*-1;/i9D3,10D3;;. The van der Waals surface area contributed by atoms with Crippen molar-refractivity contribution in [2.75, 3.05) is 0 Å². The Kier molecular flexibility index (Phi) is 13.2. The van der Waals surface area contributed by atoms with E-state index in [2.05, 4.69) is 159 Å². The van der Waals surface area contributed by atoms with Crippen molar-refractivity contribution in [3.63, 3.8) is 0 Å². The van der Waals surface area contributed by atoms with Crippen LogP contribution in [0.3, 0.4) is 0 Å². The van der Waals surface area contributed by atoms with E-state index >= 15 is 0 Å². The molecule has 1 radical (unpaired) electrons. The minimum atomic E-state index is -2.55. The number of imidazole rings is 1. The van der Waals surface area contributed by atoms with Crippen LogP contribution in [0.4, 0.5) is 0 Å². The molecule has 0 bridgehead atoms. The van der Waals surface area contributed by atoms with Crippen molar-refractivity contribution in [2.24, 2.45) is 0 Å². The summed E-state index contributed by atoms with van der Waals surface area (Å²) < 4.78 is 67.5. The molecule has 4 heterocycles. The molecule has 0 aliphatic heterocycles. The molecule has 0 unspecified atom stereocenters. The van der Waals surface area contributed by atoms with Gasteiger partial charge in [-0.1, -0.05) is 149 Å². The zero-order valence-electron chi connectivity index (χ0n) is 53.1. The Labute approximate surface area is 492 Å². The second kappa shape index (κ2) is 21.9. The Hall–Kier alpha value is -7.95. The zero-order valence-corrected chi connectivity index (χ0v) is 49.4. The van der Waals surface area contributed by atoms with Crippen molar-refractivity contribution < 1.29 is 37.2 Å². The van der Waals surface area contributed by atoms with Crippen molar-refractivity contribution in [1.29, 1.82) is 5.26 Å². The van der Waals surface area contributed by atoms with Gasteiger partial charge >= 0.3 is 0 Å². The Morgan fingerprint density at radius 3 is 1.88 bits per heavy atom. The molecule has 0 amide bonds. The molecule has 403 valence electrons. The molecule has 8 heteroatoms. The van der Waals surface area contributed by atoms with Crippen LogP contribution in [0.15, 0.2) is 155 Å². The number of nitriles is 1. The fourth-order valence-electron chi connectivity index (χ4n) is 10.6. The Morgan fingerprint density at radius 2 is 1.26 bits per heavy atom. The van der Waals surface area contributed by atoms with Crippen molar-refractivity contribution in [1.82, 2.24) is 19.5 Å². The summed E-state index contributed by atoms with van der Waals surface area (Å²) in [6.45, 7) is 18.9. The SMILES string of the molecule is CC(C)(C)c1ccnc(-c2[c-]cccc2)n1.[2H]C([2H])([2H])c1c[c-]c(-c2nc3cccc(C([2H])([2H])[2H])c3n2-c2c(C(C)C)cc(-c3ccc(-c4cc(C(C)C)cc(C(C)C)c4)cc3)cc2C(C)C)c2oc3cc4c(cc3c12)oc1cc(C#N)ccc14.[Ir]. The summed E-state index contributed by atoms with van der Waals surface area (Å²) in [4.78, 5) is 14.1. The summed E-state index contributed by atoms with van der Waals surface area (Å²) in [5.41, 5.74) is 15.5. The molecule has 12 rings (SSSR count). The van der Waals surface area contributed by atoms with Gasteiger partial charge in [-0.2, -0.15) is 5.26 Å². The molecule has 7 nitrogen and oxygen atoms in total. The minimum absolute atomic E-state index is 0.